The number of hydrogen-bond acceptors (Lipinski definition) is 6. The van der Waals surface area contributed by atoms with Crippen LogP contribution in [0.1, 0.15) is 61.3 Å². The van der Waals surface area contributed by atoms with Gasteiger partial charge in [0.25, 0.3) is 0 Å². The van der Waals surface area contributed by atoms with Crippen molar-refractivity contribution in [2.75, 3.05) is 33.9 Å². The smallest absolute Gasteiger partial charge is 0.386 e. The summed E-state index contributed by atoms with van der Waals surface area (Å²) in [5.41, 5.74) is 0.662. The standard InChI is InChI=1S/C12H25NO2Si.C8H19NO2Si/c1-9(2)12-7-6-11-8-13(12)16(14-5,15-11)10(3)4;1-8(2,3)9-6-7-11-12(9,5)10-4/h9-12H,6-8H2,1-5H3;6-7H2,1-5H3. The summed E-state index contributed by atoms with van der Waals surface area (Å²) in [5, 5.41) is 0. The quantitative estimate of drug-likeness (QED) is 0.629. The summed E-state index contributed by atoms with van der Waals surface area (Å²) in [5.74, 6) is 0.698. The Kier molecular flexibility index (Phi) is 7.98. The molecule has 0 spiro atoms. The van der Waals surface area contributed by atoms with Gasteiger partial charge >= 0.3 is 17.4 Å². The lowest BCUT2D eigenvalue weighted by Gasteiger charge is -2.41. The summed E-state index contributed by atoms with van der Waals surface area (Å²) in [7, 11) is -0.514. The van der Waals surface area contributed by atoms with E-state index in [0.717, 1.165) is 19.7 Å². The Hall–Kier alpha value is 0.194. The van der Waals surface area contributed by atoms with Crippen LogP contribution in [0.15, 0.2) is 0 Å². The van der Waals surface area contributed by atoms with Gasteiger partial charge in [0.1, 0.15) is 0 Å². The molecule has 0 amide bonds. The van der Waals surface area contributed by atoms with Crippen LogP contribution in [0.5, 0.6) is 0 Å². The predicted octanol–water partition coefficient (Wildman–Crippen LogP) is 3.83. The molecule has 0 aromatic rings. The van der Waals surface area contributed by atoms with Crippen LogP contribution in [-0.2, 0) is 17.7 Å². The summed E-state index contributed by atoms with van der Waals surface area (Å²) >= 11 is 0. The molecule has 3 saturated heterocycles. The van der Waals surface area contributed by atoms with Gasteiger partial charge in [-0.25, -0.2) is 0 Å². The summed E-state index contributed by atoms with van der Waals surface area (Å²) in [6.07, 6.45) is 2.92. The maximum absolute atomic E-state index is 6.31. The molecule has 6 nitrogen and oxygen atoms in total. The van der Waals surface area contributed by atoms with Crippen molar-refractivity contribution < 1.29 is 17.7 Å². The molecule has 8 heteroatoms. The van der Waals surface area contributed by atoms with Crippen molar-refractivity contribution in [1.82, 2.24) is 9.13 Å². The topological polar surface area (TPSA) is 43.4 Å². The molecule has 5 atom stereocenters. The highest BCUT2D eigenvalue weighted by Crippen LogP contribution is 2.42. The van der Waals surface area contributed by atoms with Crippen molar-refractivity contribution in [2.45, 2.75) is 91.1 Å². The molecular formula is C20H44N2O4Si2. The van der Waals surface area contributed by atoms with Crippen LogP contribution in [0.25, 0.3) is 0 Å². The largest absolute Gasteiger partial charge is 0.430 e. The second-order valence-corrected chi connectivity index (χ2v) is 16.7. The highest BCUT2D eigenvalue weighted by atomic mass is 28.4. The lowest BCUT2D eigenvalue weighted by atomic mass is 9.94. The first-order valence-electron chi connectivity index (χ1n) is 10.9. The van der Waals surface area contributed by atoms with Crippen LogP contribution in [0, 0.1) is 5.92 Å². The van der Waals surface area contributed by atoms with Crippen molar-refractivity contribution in [3.63, 3.8) is 0 Å². The molecule has 2 bridgehead atoms. The number of nitrogens with zero attached hydrogens (tertiary/aromatic N) is 2. The summed E-state index contributed by atoms with van der Waals surface area (Å²) in [6, 6.07) is 0.660. The van der Waals surface area contributed by atoms with Crippen molar-refractivity contribution in [2.24, 2.45) is 5.92 Å². The van der Waals surface area contributed by atoms with E-state index in [-0.39, 0.29) is 5.54 Å². The molecule has 3 heterocycles. The zero-order valence-corrected chi connectivity index (χ0v) is 21.9. The van der Waals surface area contributed by atoms with Crippen molar-refractivity contribution in [3.8, 4) is 0 Å². The molecule has 0 radical (unpaired) electrons. The zero-order chi connectivity index (χ0) is 21.3. The van der Waals surface area contributed by atoms with Gasteiger partial charge in [-0.15, -0.1) is 0 Å². The van der Waals surface area contributed by atoms with E-state index in [1.807, 2.05) is 7.11 Å². The molecule has 3 rings (SSSR count). The van der Waals surface area contributed by atoms with Crippen molar-refractivity contribution in [1.29, 1.82) is 0 Å². The minimum absolute atomic E-state index is 0.160. The van der Waals surface area contributed by atoms with Gasteiger partial charge in [-0.3, -0.25) is 9.13 Å². The molecule has 166 valence electrons. The van der Waals surface area contributed by atoms with Gasteiger partial charge in [-0.05, 0) is 46.1 Å². The molecule has 0 saturated carbocycles. The highest BCUT2D eigenvalue weighted by molar-refractivity contribution is 6.66. The fraction of sp³-hybridized carbons (Fsp3) is 1.00. The molecule has 28 heavy (non-hydrogen) atoms. The van der Waals surface area contributed by atoms with E-state index in [1.54, 1.807) is 7.11 Å². The van der Waals surface area contributed by atoms with Crippen LogP contribution in [0.2, 0.25) is 12.1 Å². The molecule has 0 aliphatic carbocycles. The summed E-state index contributed by atoms with van der Waals surface area (Å²) in [6.45, 7) is 20.7. The van der Waals surface area contributed by atoms with Gasteiger partial charge in [0.15, 0.2) is 0 Å². The fourth-order valence-electron chi connectivity index (χ4n) is 5.00. The molecule has 3 aliphatic heterocycles. The SMILES string of the molecule is CO[Si]1(C(C)C)OC2CCC(C(C)C)N1C2.CO[Si]1(C)OCCN1C(C)(C)C. The number of fused-ring (bicyclic) bond motifs is 2. The van der Waals surface area contributed by atoms with Crippen LogP contribution in [0.3, 0.4) is 0 Å². The Labute approximate surface area is 175 Å². The van der Waals surface area contributed by atoms with Gasteiger partial charge in [-0.1, -0.05) is 27.7 Å². The molecule has 3 aliphatic rings. The molecular weight excluding hydrogens is 388 g/mol. The summed E-state index contributed by atoms with van der Waals surface area (Å²) in [4.78, 5) is 0. The van der Waals surface area contributed by atoms with Gasteiger partial charge in [0.2, 0.25) is 0 Å². The first-order chi connectivity index (χ1) is 12.9. The Morgan fingerprint density at radius 1 is 1.04 bits per heavy atom. The molecule has 3 fully saturated rings. The van der Waals surface area contributed by atoms with Crippen molar-refractivity contribution >= 4 is 17.4 Å². The number of piperidine rings is 1. The third kappa shape index (κ3) is 4.74. The van der Waals surface area contributed by atoms with E-state index in [2.05, 4.69) is 64.1 Å². The molecule has 0 aromatic heterocycles. The predicted molar refractivity (Wildman–Crippen MR) is 118 cm³/mol. The maximum atomic E-state index is 6.31. The lowest BCUT2D eigenvalue weighted by Crippen LogP contribution is -2.59. The van der Waals surface area contributed by atoms with Crippen LogP contribution >= 0.6 is 0 Å². The van der Waals surface area contributed by atoms with Gasteiger partial charge in [0.05, 0.1) is 6.10 Å². The fourth-order valence-corrected chi connectivity index (χ4v) is 11.6. The first kappa shape index (κ1) is 24.5. The van der Waals surface area contributed by atoms with E-state index in [4.69, 9.17) is 17.7 Å². The first-order valence-corrected chi connectivity index (χ1v) is 15.0. The van der Waals surface area contributed by atoms with Crippen LogP contribution in [-0.4, -0.2) is 78.2 Å². The second-order valence-electron chi connectivity index (χ2n) is 10.0. The number of rotatable bonds is 4. The second kappa shape index (κ2) is 9.13. The number of hydrogen-bond donors (Lipinski definition) is 0. The molecule has 0 N–H and O–H groups in total. The lowest BCUT2D eigenvalue weighted by molar-refractivity contribution is 0.155. The third-order valence-corrected chi connectivity index (χ3v) is 13.9. The van der Waals surface area contributed by atoms with E-state index < -0.39 is 17.4 Å². The average molecular weight is 433 g/mol. The zero-order valence-electron chi connectivity index (χ0n) is 19.9. The van der Waals surface area contributed by atoms with Gasteiger partial charge in [0, 0.05) is 51.0 Å². The molecule has 0 aromatic carbocycles. The highest BCUT2D eigenvalue weighted by Gasteiger charge is 2.59. The van der Waals surface area contributed by atoms with E-state index in [9.17, 15) is 0 Å². The average Bonchev–Trinajstić information content (AvgIpc) is 3.14. The van der Waals surface area contributed by atoms with E-state index in [1.165, 1.54) is 12.8 Å². The van der Waals surface area contributed by atoms with E-state index >= 15 is 0 Å². The monoisotopic (exact) mass is 432 g/mol. The Bertz CT molecular complexity index is 517. The van der Waals surface area contributed by atoms with Crippen molar-refractivity contribution in [3.05, 3.63) is 0 Å². The van der Waals surface area contributed by atoms with Crippen LogP contribution in [0.4, 0.5) is 0 Å². The van der Waals surface area contributed by atoms with Gasteiger partial charge in [-0.2, -0.15) is 0 Å². The Morgan fingerprint density at radius 3 is 2.11 bits per heavy atom. The Balaban J connectivity index is 0.000000209. The Morgan fingerprint density at radius 2 is 1.68 bits per heavy atom. The van der Waals surface area contributed by atoms with Crippen LogP contribution < -0.4 is 0 Å². The van der Waals surface area contributed by atoms with Gasteiger partial charge < -0.3 is 17.7 Å². The molecule has 5 unspecified atom stereocenters. The minimum Gasteiger partial charge on any atom is -0.386 e. The minimum atomic E-state index is -2.11. The van der Waals surface area contributed by atoms with E-state index in [0.29, 0.717) is 23.6 Å². The summed E-state index contributed by atoms with van der Waals surface area (Å²) < 4.78 is 28.3. The third-order valence-electron chi connectivity index (χ3n) is 6.48. The maximum Gasteiger partial charge on any atom is 0.430 e. The normalized spacial score (nSPS) is 38.8.